The van der Waals surface area contributed by atoms with E-state index >= 15 is 0 Å². The van der Waals surface area contributed by atoms with Crippen LogP contribution in [0.15, 0.2) is 26.9 Å². The zero-order chi connectivity index (χ0) is 28.3. The van der Waals surface area contributed by atoms with Crippen molar-refractivity contribution in [3.63, 3.8) is 0 Å². The van der Waals surface area contributed by atoms with Gasteiger partial charge in [0.25, 0.3) is 15.7 Å². The van der Waals surface area contributed by atoms with Crippen molar-refractivity contribution >= 4 is 24.5 Å². The van der Waals surface area contributed by atoms with E-state index in [1.54, 1.807) is 0 Å². The Kier molecular flexibility index (Phi) is 7.37. The number of rotatable bonds is 5. The summed E-state index contributed by atoms with van der Waals surface area (Å²) in [5, 5.41) is 0.435. The van der Waals surface area contributed by atoms with E-state index in [2.05, 4.69) is 0 Å². The molecule has 208 valence electrons. The third-order valence-corrected chi connectivity index (χ3v) is 12.7. The zero-order valence-corrected chi connectivity index (χ0v) is 24.4. The topological polar surface area (TPSA) is 161 Å². The Morgan fingerprint density at radius 3 is 2.35 bits per heavy atom. The molecule has 13 nitrogen and oxygen atoms in total. The van der Waals surface area contributed by atoms with Gasteiger partial charge in [-0.25, -0.2) is 13.8 Å². The molecule has 0 aliphatic carbocycles. The third kappa shape index (κ3) is 5.02. The molecule has 15 heteroatoms. The first-order valence-corrected chi connectivity index (χ1v) is 16.0. The first-order chi connectivity index (χ1) is 16.7. The van der Waals surface area contributed by atoms with Crippen LogP contribution in [0, 0.1) is 6.92 Å². The maximum atomic E-state index is 13.2. The van der Waals surface area contributed by atoms with Crippen molar-refractivity contribution < 1.29 is 31.3 Å². The summed E-state index contributed by atoms with van der Waals surface area (Å²) in [6.45, 7) is 10.9. The molecule has 2 aliphatic heterocycles. The summed E-state index contributed by atoms with van der Waals surface area (Å²) < 4.78 is 51.2. The average Bonchev–Trinajstić information content (AvgIpc) is 3.18. The van der Waals surface area contributed by atoms with Crippen molar-refractivity contribution in [1.29, 1.82) is 0 Å². The van der Waals surface area contributed by atoms with Crippen LogP contribution in [-0.4, -0.2) is 75.4 Å². The molecule has 1 aromatic heterocycles. The number of hydrogen-bond donors (Lipinski definition) is 1. The van der Waals surface area contributed by atoms with Gasteiger partial charge < -0.3 is 24.5 Å². The molecule has 1 fully saturated rings. The molecule has 0 saturated carbocycles. The Morgan fingerprint density at radius 1 is 1.27 bits per heavy atom. The molecule has 0 aromatic carbocycles. The van der Waals surface area contributed by atoms with Crippen molar-refractivity contribution in [2.75, 3.05) is 20.7 Å². The maximum Gasteiger partial charge on any atom is 0.409 e. The molecular formula is C22H36N4O9SSi. The van der Waals surface area contributed by atoms with Gasteiger partial charge >= 0.3 is 11.8 Å². The number of amides is 1. The largest absolute Gasteiger partial charge is 0.447 e. The molecule has 2 aliphatic rings. The molecule has 0 radical (unpaired) electrons. The van der Waals surface area contributed by atoms with Crippen LogP contribution in [0.3, 0.4) is 0 Å². The number of nitrogens with zero attached hydrogens (tertiary/aromatic N) is 3. The van der Waals surface area contributed by atoms with Crippen LogP contribution in [0.4, 0.5) is 4.79 Å². The summed E-state index contributed by atoms with van der Waals surface area (Å²) in [5.41, 5.74) is 3.20. The van der Waals surface area contributed by atoms with E-state index in [9.17, 15) is 22.8 Å². The molecule has 1 aromatic rings. The fourth-order valence-electron chi connectivity index (χ4n) is 4.02. The Morgan fingerprint density at radius 2 is 1.86 bits per heavy atom. The number of aromatic nitrogens is 2. The Hall–Kier alpha value is -2.46. The lowest BCUT2D eigenvalue weighted by atomic mass is 9.89. The molecule has 1 saturated heterocycles. The van der Waals surface area contributed by atoms with E-state index < -0.39 is 66.4 Å². The number of carbonyl (C=O) groups is 1. The second-order valence-corrected chi connectivity index (χ2v) is 17.2. The number of ether oxygens (including phenoxy) is 2. The maximum absolute atomic E-state index is 13.2. The van der Waals surface area contributed by atoms with Gasteiger partial charge in [0.05, 0.1) is 11.1 Å². The molecule has 4 atom stereocenters. The van der Waals surface area contributed by atoms with Crippen LogP contribution in [0.5, 0.6) is 0 Å². The zero-order valence-electron chi connectivity index (χ0n) is 22.6. The number of hydrogen-bond acceptors (Lipinski definition) is 10. The molecule has 3 heterocycles. The van der Waals surface area contributed by atoms with E-state index in [1.165, 1.54) is 39.2 Å². The van der Waals surface area contributed by atoms with Crippen molar-refractivity contribution in [3.8, 4) is 0 Å². The predicted octanol–water partition coefficient (Wildman–Crippen LogP) is 0.740. The summed E-state index contributed by atoms with van der Waals surface area (Å²) in [5.74, 6) is 0. The number of nitrogens with two attached hydrogens (primary N) is 1. The van der Waals surface area contributed by atoms with E-state index in [0.717, 1.165) is 14.5 Å². The van der Waals surface area contributed by atoms with E-state index in [4.69, 9.17) is 23.8 Å². The summed E-state index contributed by atoms with van der Waals surface area (Å²) in [6, 6.07) is 0. The minimum absolute atomic E-state index is 0.209. The Bertz CT molecular complexity index is 1340. The van der Waals surface area contributed by atoms with Crippen LogP contribution in [0.1, 0.15) is 32.6 Å². The van der Waals surface area contributed by atoms with Crippen LogP contribution >= 0.6 is 0 Å². The van der Waals surface area contributed by atoms with Crippen molar-refractivity contribution in [3.05, 3.63) is 43.7 Å². The number of aryl methyl sites for hydroxylation is 1. The van der Waals surface area contributed by atoms with Gasteiger partial charge in [-0.2, -0.15) is 8.42 Å². The molecule has 2 N–H and O–H groups in total. The van der Waals surface area contributed by atoms with Crippen LogP contribution in [-0.2, 0) is 35.2 Å². The van der Waals surface area contributed by atoms with E-state index in [0.29, 0.717) is 0 Å². The van der Waals surface area contributed by atoms with Gasteiger partial charge in [0, 0.05) is 32.9 Å². The quantitative estimate of drug-likeness (QED) is 0.402. The highest BCUT2D eigenvalue weighted by Gasteiger charge is 2.67. The normalized spacial score (nSPS) is 27.4. The average molecular weight is 561 g/mol. The summed E-state index contributed by atoms with van der Waals surface area (Å²) in [6.07, 6.45) is -3.17. The molecule has 3 rings (SSSR count). The lowest BCUT2D eigenvalue weighted by Gasteiger charge is -2.43. The minimum atomic E-state index is -4.26. The highest BCUT2D eigenvalue weighted by Crippen LogP contribution is 2.51. The van der Waals surface area contributed by atoms with Gasteiger partial charge in [-0.1, -0.05) is 20.8 Å². The molecule has 0 unspecified atom stereocenters. The number of carbonyl (C=O) groups excluding carboxylic acids is 1. The summed E-state index contributed by atoms with van der Waals surface area (Å²) in [4.78, 5) is 39.0. The monoisotopic (exact) mass is 560 g/mol. The van der Waals surface area contributed by atoms with Crippen molar-refractivity contribution in [1.82, 2.24) is 14.0 Å². The minimum Gasteiger partial charge on any atom is -0.447 e. The second-order valence-electron chi connectivity index (χ2n) is 11.1. The smallest absolute Gasteiger partial charge is 0.409 e. The van der Waals surface area contributed by atoms with Gasteiger partial charge in [-0.15, -0.1) is 0 Å². The standard InChI is InChI=1S/C22H36N4O9SSi/c1-13-10-26(19(28)25(7)17(13)27)18-16(34-37(8,9)21(2,3)4)22(14(23)12-36(30,31)35-22)15(33-18)11-32-20(29)24(5)6/h10,12,15-16,18H,11,23H2,1-9H3/t15-,16+,18-,22-/m1/s1. The molecule has 1 spiro atoms. The van der Waals surface area contributed by atoms with Crippen molar-refractivity contribution in [2.24, 2.45) is 12.8 Å². The molecule has 1 amide bonds. The van der Waals surface area contributed by atoms with Gasteiger partial charge in [0.2, 0.25) is 0 Å². The lowest BCUT2D eigenvalue weighted by molar-refractivity contribution is -0.0637. The molecule has 37 heavy (non-hydrogen) atoms. The van der Waals surface area contributed by atoms with E-state index in [1.807, 2.05) is 33.9 Å². The second kappa shape index (κ2) is 9.38. The fraction of sp³-hybridized carbons (Fsp3) is 0.682. The highest BCUT2D eigenvalue weighted by molar-refractivity contribution is 7.90. The lowest BCUT2D eigenvalue weighted by Crippen LogP contribution is -2.59. The summed E-state index contributed by atoms with van der Waals surface area (Å²) >= 11 is 0. The Labute approximate surface area is 217 Å². The van der Waals surface area contributed by atoms with Crippen LogP contribution < -0.4 is 17.0 Å². The van der Waals surface area contributed by atoms with Gasteiger partial charge in [0.1, 0.15) is 18.8 Å². The third-order valence-electron chi connectivity index (χ3n) is 7.15. The fourth-order valence-corrected chi connectivity index (χ4v) is 6.52. The molecular weight excluding hydrogens is 524 g/mol. The summed E-state index contributed by atoms with van der Waals surface area (Å²) in [7, 11) is -2.67. The SMILES string of the molecule is Cc1cn([C@@H]2O[C@H](COC(=O)N(C)C)[C@@]3(OS(=O)(=O)C=C3N)[C@H]2O[Si](C)(C)C(C)(C)C)c(=O)n(C)c1=O. The Balaban J connectivity index is 2.26. The first kappa shape index (κ1) is 29.1. The first-order valence-electron chi connectivity index (χ1n) is 11.6. The predicted molar refractivity (Wildman–Crippen MR) is 137 cm³/mol. The molecule has 0 bridgehead atoms. The van der Waals surface area contributed by atoms with Crippen LogP contribution in [0.2, 0.25) is 18.1 Å². The van der Waals surface area contributed by atoms with Gasteiger partial charge in [-0.3, -0.25) is 13.9 Å². The van der Waals surface area contributed by atoms with Gasteiger partial charge in [0.15, 0.2) is 20.1 Å². The van der Waals surface area contributed by atoms with E-state index in [-0.39, 0.29) is 16.3 Å². The van der Waals surface area contributed by atoms with Gasteiger partial charge in [-0.05, 0) is 25.1 Å². The highest BCUT2D eigenvalue weighted by atomic mass is 32.2. The van der Waals surface area contributed by atoms with Crippen molar-refractivity contribution in [2.45, 2.75) is 69.9 Å². The van der Waals surface area contributed by atoms with Crippen LogP contribution in [0.25, 0.3) is 0 Å².